The molecule has 3 saturated heterocycles. The second-order valence-electron chi connectivity index (χ2n) is 8.56. The van der Waals surface area contributed by atoms with E-state index in [1.54, 1.807) is 28.3 Å². The molecule has 0 spiro atoms. The molecule has 3 aliphatic heterocycles. The van der Waals surface area contributed by atoms with Crippen LogP contribution in [0.5, 0.6) is 0 Å². The number of hydrogen-bond acceptors (Lipinski definition) is 10. The van der Waals surface area contributed by atoms with Crippen LogP contribution in [0, 0.1) is 0 Å². The van der Waals surface area contributed by atoms with Crippen molar-refractivity contribution < 1.29 is 48.1 Å². The fourth-order valence-corrected chi connectivity index (χ4v) is 4.64. The zero-order valence-electron chi connectivity index (χ0n) is 19.2. The molecular weight excluding hydrogens is 412 g/mol. The summed E-state index contributed by atoms with van der Waals surface area (Å²) in [5.74, 6) is 0. The van der Waals surface area contributed by atoms with Gasteiger partial charge in [-0.05, 0) is 20.8 Å². The Labute approximate surface area is 184 Å². The number of methoxy groups -OCH3 is 3. The summed E-state index contributed by atoms with van der Waals surface area (Å²) in [7, 11) is 4.79. The smallest absolute Gasteiger partial charge is 0.161 e. The predicted octanol–water partition coefficient (Wildman–Crippen LogP) is 0.560. The SMILES string of the molecule is CO[C@H]1C[C@H](O[C@H]2[C@@H](OC)C[C@H](O)O[C@@H]2C)O[C@H](C)[C@H]1O[C@H]1C[C@@H](OC)[C@@H](O)[C@H](C)O1. The van der Waals surface area contributed by atoms with Gasteiger partial charge in [0, 0.05) is 40.6 Å². The average molecular weight is 451 g/mol. The highest BCUT2D eigenvalue weighted by Gasteiger charge is 2.45. The molecule has 3 aliphatic rings. The molecule has 3 heterocycles. The maximum absolute atomic E-state index is 10.2. The van der Waals surface area contributed by atoms with Gasteiger partial charge in [-0.3, -0.25) is 0 Å². The first-order valence-electron chi connectivity index (χ1n) is 11.0. The molecule has 0 aromatic rings. The van der Waals surface area contributed by atoms with Crippen LogP contribution in [0.15, 0.2) is 0 Å². The van der Waals surface area contributed by atoms with Gasteiger partial charge in [0.25, 0.3) is 0 Å². The summed E-state index contributed by atoms with van der Waals surface area (Å²) in [6, 6.07) is 0. The molecule has 3 rings (SSSR count). The summed E-state index contributed by atoms with van der Waals surface area (Å²) >= 11 is 0. The van der Waals surface area contributed by atoms with E-state index in [4.69, 9.17) is 37.9 Å². The molecular formula is C21H38O10. The van der Waals surface area contributed by atoms with Crippen molar-refractivity contribution in [1.29, 1.82) is 0 Å². The molecule has 2 N–H and O–H groups in total. The second-order valence-corrected chi connectivity index (χ2v) is 8.56. The van der Waals surface area contributed by atoms with E-state index in [1.807, 2.05) is 13.8 Å². The molecule has 0 amide bonds. The molecule has 12 atom stereocenters. The number of ether oxygens (including phenoxy) is 8. The van der Waals surface area contributed by atoms with E-state index in [-0.39, 0.29) is 42.7 Å². The van der Waals surface area contributed by atoms with Crippen LogP contribution in [-0.2, 0) is 37.9 Å². The normalized spacial score (nSPS) is 49.2. The minimum Gasteiger partial charge on any atom is -0.388 e. The molecule has 0 unspecified atom stereocenters. The lowest BCUT2D eigenvalue weighted by Gasteiger charge is -2.45. The Morgan fingerprint density at radius 3 is 1.61 bits per heavy atom. The van der Waals surface area contributed by atoms with Crippen molar-refractivity contribution in [3.8, 4) is 0 Å². The van der Waals surface area contributed by atoms with Crippen LogP contribution in [-0.4, -0.2) is 105 Å². The summed E-state index contributed by atoms with van der Waals surface area (Å²) in [5, 5.41) is 20.0. The first kappa shape index (κ1) is 25.2. The summed E-state index contributed by atoms with van der Waals surface area (Å²) in [5.41, 5.74) is 0. The average Bonchev–Trinajstić information content (AvgIpc) is 2.73. The van der Waals surface area contributed by atoms with Crippen LogP contribution in [0.25, 0.3) is 0 Å². The van der Waals surface area contributed by atoms with Crippen LogP contribution in [0.3, 0.4) is 0 Å². The van der Waals surface area contributed by atoms with Crippen LogP contribution >= 0.6 is 0 Å². The van der Waals surface area contributed by atoms with Gasteiger partial charge >= 0.3 is 0 Å². The standard InChI is InChI=1S/C21H38O10/c1-10-19(23)13(24-4)8-17(28-10)30-21-12(3)29-18(9-15(21)26-6)31-20-11(2)27-16(22)7-14(20)25-5/h10-23H,7-9H2,1-6H3/t10-,11+,12+,13+,14-,15-,16+,17-,18-,19-,20+,21+/m0/s1. The van der Waals surface area contributed by atoms with E-state index in [9.17, 15) is 10.2 Å². The van der Waals surface area contributed by atoms with Crippen molar-refractivity contribution in [2.75, 3.05) is 21.3 Å². The zero-order chi connectivity index (χ0) is 22.7. The maximum Gasteiger partial charge on any atom is 0.161 e. The van der Waals surface area contributed by atoms with Gasteiger partial charge < -0.3 is 48.1 Å². The van der Waals surface area contributed by atoms with Crippen molar-refractivity contribution in [3.63, 3.8) is 0 Å². The first-order valence-corrected chi connectivity index (χ1v) is 11.0. The number of aliphatic hydroxyl groups is 2. The summed E-state index contributed by atoms with van der Waals surface area (Å²) in [4.78, 5) is 0. The van der Waals surface area contributed by atoms with Crippen LogP contribution in [0.4, 0.5) is 0 Å². The van der Waals surface area contributed by atoms with Crippen LogP contribution < -0.4 is 0 Å². The molecule has 0 bridgehead atoms. The fourth-order valence-electron chi connectivity index (χ4n) is 4.64. The molecule has 0 aromatic carbocycles. The van der Waals surface area contributed by atoms with Gasteiger partial charge in [-0.15, -0.1) is 0 Å². The summed E-state index contributed by atoms with van der Waals surface area (Å²) in [6.45, 7) is 5.54. The third-order valence-corrected chi connectivity index (χ3v) is 6.43. The quantitative estimate of drug-likeness (QED) is 0.570. The predicted molar refractivity (Wildman–Crippen MR) is 107 cm³/mol. The Kier molecular flexibility index (Phi) is 9.07. The Hall–Kier alpha value is -0.400. The Balaban J connectivity index is 1.60. The molecule has 0 aromatic heterocycles. The van der Waals surface area contributed by atoms with E-state index < -0.39 is 31.1 Å². The topological polar surface area (TPSA) is 114 Å². The minimum absolute atomic E-state index is 0.285. The van der Waals surface area contributed by atoms with Crippen molar-refractivity contribution >= 4 is 0 Å². The third-order valence-electron chi connectivity index (χ3n) is 6.43. The number of aliphatic hydroxyl groups excluding tert-OH is 2. The van der Waals surface area contributed by atoms with E-state index in [2.05, 4.69) is 0 Å². The molecule has 0 radical (unpaired) electrons. The zero-order valence-corrected chi connectivity index (χ0v) is 19.2. The van der Waals surface area contributed by atoms with E-state index in [0.717, 1.165) is 0 Å². The van der Waals surface area contributed by atoms with Crippen molar-refractivity contribution in [3.05, 3.63) is 0 Å². The van der Waals surface area contributed by atoms with Gasteiger partial charge in [0.2, 0.25) is 0 Å². The van der Waals surface area contributed by atoms with E-state index >= 15 is 0 Å². The Morgan fingerprint density at radius 1 is 0.613 bits per heavy atom. The van der Waals surface area contributed by atoms with Gasteiger partial charge in [-0.2, -0.15) is 0 Å². The molecule has 182 valence electrons. The van der Waals surface area contributed by atoms with Crippen LogP contribution in [0.1, 0.15) is 40.0 Å². The Morgan fingerprint density at radius 2 is 1.06 bits per heavy atom. The third kappa shape index (κ3) is 5.94. The minimum atomic E-state index is -0.872. The largest absolute Gasteiger partial charge is 0.388 e. The lowest BCUT2D eigenvalue weighted by atomic mass is 9.99. The van der Waals surface area contributed by atoms with Gasteiger partial charge in [0.05, 0.1) is 36.6 Å². The van der Waals surface area contributed by atoms with Gasteiger partial charge in [0.1, 0.15) is 18.3 Å². The highest BCUT2D eigenvalue weighted by molar-refractivity contribution is 4.88. The summed E-state index contributed by atoms with van der Waals surface area (Å²) < 4.78 is 46.4. The highest BCUT2D eigenvalue weighted by Crippen LogP contribution is 2.33. The molecule has 0 saturated carbocycles. The number of rotatable bonds is 7. The van der Waals surface area contributed by atoms with E-state index in [1.165, 1.54) is 0 Å². The Bertz CT molecular complexity index is 550. The van der Waals surface area contributed by atoms with Crippen molar-refractivity contribution in [2.24, 2.45) is 0 Å². The molecule has 10 heteroatoms. The molecule has 3 fully saturated rings. The fraction of sp³-hybridized carbons (Fsp3) is 1.00. The van der Waals surface area contributed by atoms with Gasteiger partial charge in [-0.25, -0.2) is 0 Å². The second kappa shape index (κ2) is 11.1. The molecule has 0 aliphatic carbocycles. The van der Waals surface area contributed by atoms with Gasteiger partial charge in [0.15, 0.2) is 18.9 Å². The lowest BCUT2D eigenvalue weighted by Crippen LogP contribution is -2.56. The number of hydrogen-bond donors (Lipinski definition) is 2. The van der Waals surface area contributed by atoms with Gasteiger partial charge in [-0.1, -0.05) is 0 Å². The maximum atomic E-state index is 10.2. The monoisotopic (exact) mass is 450 g/mol. The van der Waals surface area contributed by atoms with E-state index in [0.29, 0.717) is 19.3 Å². The first-order chi connectivity index (χ1) is 14.8. The lowest BCUT2D eigenvalue weighted by molar-refractivity contribution is -0.334. The van der Waals surface area contributed by atoms with Crippen LogP contribution in [0.2, 0.25) is 0 Å². The van der Waals surface area contributed by atoms with Crippen molar-refractivity contribution in [1.82, 2.24) is 0 Å². The highest BCUT2D eigenvalue weighted by atomic mass is 16.7. The molecule has 10 nitrogen and oxygen atoms in total. The van der Waals surface area contributed by atoms with Crippen molar-refractivity contribution in [2.45, 2.75) is 114 Å². The summed E-state index contributed by atoms with van der Waals surface area (Å²) in [6.07, 6.45) is -4.26. The molecule has 31 heavy (non-hydrogen) atoms.